The normalized spacial score (nSPS) is 12.8. The highest BCUT2D eigenvalue weighted by Crippen LogP contribution is 2.15. The minimum absolute atomic E-state index is 0.0699. The predicted octanol–water partition coefficient (Wildman–Crippen LogP) is 2.36. The largest absolute Gasteiger partial charge is 0.460 e. The van der Waals surface area contributed by atoms with Crippen LogP contribution in [0.1, 0.15) is 64.7 Å². The van der Waals surface area contributed by atoms with Gasteiger partial charge < -0.3 is 20.5 Å². The first-order chi connectivity index (χ1) is 12.7. The van der Waals surface area contributed by atoms with Crippen LogP contribution in [0, 0.1) is 5.95 Å². The first-order valence-electron chi connectivity index (χ1n) is 8.85. The Kier molecular flexibility index (Phi) is 7.49. The molecule has 0 aliphatic carbocycles. The van der Waals surface area contributed by atoms with Crippen molar-refractivity contribution >= 4 is 23.7 Å². The Morgan fingerprint density at radius 2 is 1.68 bits per heavy atom. The van der Waals surface area contributed by atoms with E-state index in [0.29, 0.717) is 0 Å². The van der Waals surface area contributed by atoms with Crippen molar-refractivity contribution in [1.29, 1.82) is 0 Å². The molecule has 9 heteroatoms. The maximum Gasteiger partial charge on any atom is 0.329 e. The van der Waals surface area contributed by atoms with E-state index in [4.69, 9.17) is 15.2 Å². The zero-order chi connectivity index (χ0) is 21.7. The Balaban J connectivity index is 2.92. The number of nitrogens with two attached hydrogens (primary N) is 1. The molecule has 0 aromatic carbocycles. The topological polar surface area (TPSA) is 121 Å². The summed E-state index contributed by atoms with van der Waals surface area (Å²) in [6.45, 7) is 10.2. The first-order valence-corrected chi connectivity index (χ1v) is 8.85. The second-order valence-corrected chi connectivity index (χ2v) is 8.26. The summed E-state index contributed by atoms with van der Waals surface area (Å²) in [5, 5.41) is 2.39. The molecule has 1 amide bonds. The highest BCUT2D eigenvalue weighted by molar-refractivity contribution is 5.97. The van der Waals surface area contributed by atoms with Gasteiger partial charge in [0, 0.05) is 6.42 Å². The second kappa shape index (κ2) is 8.99. The summed E-state index contributed by atoms with van der Waals surface area (Å²) >= 11 is 0. The van der Waals surface area contributed by atoms with Gasteiger partial charge in [0.15, 0.2) is 0 Å². The highest BCUT2D eigenvalue weighted by atomic mass is 19.1. The number of nitrogens with zero attached hydrogens (tertiary/aromatic N) is 1. The second-order valence-electron chi connectivity index (χ2n) is 8.26. The van der Waals surface area contributed by atoms with Crippen LogP contribution >= 0.6 is 0 Å². The van der Waals surface area contributed by atoms with Gasteiger partial charge in [0.25, 0.3) is 5.91 Å². The van der Waals surface area contributed by atoms with Gasteiger partial charge in [-0.2, -0.15) is 4.39 Å². The molecule has 1 rings (SSSR count). The van der Waals surface area contributed by atoms with Crippen LogP contribution in [0.15, 0.2) is 12.1 Å². The lowest BCUT2D eigenvalue weighted by Gasteiger charge is -2.25. The van der Waals surface area contributed by atoms with Gasteiger partial charge in [0.1, 0.15) is 23.1 Å². The lowest BCUT2D eigenvalue weighted by molar-refractivity contribution is -0.158. The number of carbonyl (C=O) groups is 3. The number of nitrogens with one attached hydrogen (secondary N) is 1. The number of hydrogen-bond acceptors (Lipinski definition) is 7. The molecule has 0 unspecified atom stereocenters. The number of pyridine rings is 1. The van der Waals surface area contributed by atoms with Gasteiger partial charge >= 0.3 is 11.9 Å². The fraction of sp³-hybridized carbons (Fsp3) is 0.579. The van der Waals surface area contributed by atoms with E-state index in [-0.39, 0.29) is 24.2 Å². The molecule has 1 aromatic heterocycles. The number of anilines is 1. The molecule has 0 aliphatic heterocycles. The van der Waals surface area contributed by atoms with Crippen molar-refractivity contribution in [3.05, 3.63) is 23.6 Å². The van der Waals surface area contributed by atoms with E-state index in [9.17, 15) is 18.8 Å². The van der Waals surface area contributed by atoms with Gasteiger partial charge in [0.2, 0.25) is 5.95 Å². The van der Waals surface area contributed by atoms with Crippen LogP contribution in [-0.4, -0.2) is 40.1 Å². The standard InChI is InChI=1S/C19H28FN3O5/c1-18(2,3)27-14(24)10-8-12(17(26)28-19(4,5)6)22-16(25)11-7-9-13(21)23-15(11)20/h7,9,12H,8,10H2,1-6H3,(H2,21,23)(H,22,25)/t12-/m0/s1. The average Bonchev–Trinajstić information content (AvgIpc) is 2.47. The molecule has 0 radical (unpaired) electrons. The minimum atomic E-state index is -1.17. The summed E-state index contributed by atoms with van der Waals surface area (Å²) in [6, 6.07) is 1.25. The zero-order valence-corrected chi connectivity index (χ0v) is 17.1. The van der Waals surface area contributed by atoms with Crippen LogP contribution in [0.4, 0.5) is 10.2 Å². The van der Waals surface area contributed by atoms with Crippen molar-refractivity contribution in [2.24, 2.45) is 0 Å². The summed E-state index contributed by atoms with van der Waals surface area (Å²) in [6.07, 6.45) is -0.205. The Hall–Kier alpha value is -2.71. The van der Waals surface area contributed by atoms with Gasteiger partial charge in [-0.05, 0) is 60.1 Å². The fourth-order valence-electron chi connectivity index (χ4n) is 2.13. The lowest BCUT2D eigenvalue weighted by atomic mass is 10.1. The number of amides is 1. The van der Waals surface area contributed by atoms with Crippen molar-refractivity contribution in [2.45, 2.75) is 71.6 Å². The zero-order valence-electron chi connectivity index (χ0n) is 17.1. The van der Waals surface area contributed by atoms with Gasteiger partial charge in [0.05, 0.1) is 5.56 Å². The number of hydrogen-bond donors (Lipinski definition) is 2. The van der Waals surface area contributed by atoms with Gasteiger partial charge in [-0.25, -0.2) is 9.78 Å². The number of aromatic nitrogens is 1. The maximum absolute atomic E-state index is 13.9. The Bertz CT molecular complexity index is 738. The Morgan fingerprint density at radius 3 is 2.18 bits per heavy atom. The minimum Gasteiger partial charge on any atom is -0.460 e. The highest BCUT2D eigenvalue weighted by Gasteiger charge is 2.29. The number of halogens is 1. The summed E-state index contributed by atoms with van der Waals surface area (Å²) in [4.78, 5) is 40.1. The lowest BCUT2D eigenvalue weighted by Crippen LogP contribution is -2.45. The summed E-state index contributed by atoms with van der Waals surface area (Å²) in [7, 11) is 0. The van der Waals surface area contributed by atoms with Crippen LogP contribution in [0.3, 0.4) is 0 Å². The summed E-state index contributed by atoms with van der Waals surface area (Å²) < 4.78 is 24.4. The monoisotopic (exact) mass is 397 g/mol. The third-order valence-corrected chi connectivity index (χ3v) is 3.17. The van der Waals surface area contributed by atoms with Gasteiger partial charge in [-0.1, -0.05) is 0 Å². The SMILES string of the molecule is CC(C)(C)OC(=O)CC[C@H](NC(=O)c1ccc(N)nc1F)C(=O)OC(C)(C)C. The number of esters is 2. The van der Waals surface area contributed by atoms with Crippen molar-refractivity contribution in [1.82, 2.24) is 10.3 Å². The molecule has 3 N–H and O–H groups in total. The molecular weight excluding hydrogens is 369 g/mol. The molecule has 1 atom stereocenters. The van der Waals surface area contributed by atoms with Crippen LogP contribution < -0.4 is 11.1 Å². The van der Waals surface area contributed by atoms with E-state index in [1.165, 1.54) is 6.07 Å². The Morgan fingerprint density at radius 1 is 1.11 bits per heavy atom. The molecule has 0 fully saturated rings. The fourth-order valence-corrected chi connectivity index (χ4v) is 2.13. The molecule has 8 nitrogen and oxygen atoms in total. The number of rotatable bonds is 6. The molecule has 0 bridgehead atoms. The van der Waals surface area contributed by atoms with Crippen molar-refractivity contribution in [2.75, 3.05) is 5.73 Å². The van der Waals surface area contributed by atoms with Gasteiger partial charge in [-0.3, -0.25) is 9.59 Å². The van der Waals surface area contributed by atoms with Crippen molar-refractivity contribution < 1.29 is 28.2 Å². The molecule has 0 saturated heterocycles. The molecular formula is C19H28FN3O5. The molecule has 1 heterocycles. The van der Waals surface area contributed by atoms with E-state index < -0.39 is 41.0 Å². The quantitative estimate of drug-likeness (QED) is 0.558. The number of nitrogen functional groups attached to an aromatic ring is 1. The molecule has 1 aromatic rings. The molecule has 0 spiro atoms. The van der Waals surface area contributed by atoms with Crippen LogP contribution in [-0.2, 0) is 19.1 Å². The van der Waals surface area contributed by atoms with E-state index >= 15 is 0 Å². The number of carbonyl (C=O) groups excluding carboxylic acids is 3. The van der Waals surface area contributed by atoms with E-state index in [1.54, 1.807) is 41.5 Å². The van der Waals surface area contributed by atoms with E-state index in [2.05, 4.69) is 10.3 Å². The molecule has 0 saturated carbocycles. The van der Waals surface area contributed by atoms with E-state index in [0.717, 1.165) is 6.07 Å². The van der Waals surface area contributed by atoms with Crippen molar-refractivity contribution in [3.63, 3.8) is 0 Å². The first kappa shape index (κ1) is 23.3. The molecule has 156 valence electrons. The summed E-state index contributed by atoms with van der Waals surface area (Å²) in [5.41, 5.74) is 3.51. The average molecular weight is 397 g/mol. The molecule has 0 aliphatic rings. The summed E-state index contributed by atoms with van der Waals surface area (Å²) in [5.74, 6) is -3.29. The van der Waals surface area contributed by atoms with E-state index in [1.807, 2.05) is 0 Å². The smallest absolute Gasteiger partial charge is 0.329 e. The maximum atomic E-state index is 13.9. The third kappa shape index (κ3) is 8.32. The molecule has 28 heavy (non-hydrogen) atoms. The predicted molar refractivity (Wildman–Crippen MR) is 101 cm³/mol. The third-order valence-electron chi connectivity index (χ3n) is 3.17. The van der Waals surface area contributed by atoms with Crippen molar-refractivity contribution in [3.8, 4) is 0 Å². The van der Waals surface area contributed by atoms with Crippen LogP contribution in [0.25, 0.3) is 0 Å². The number of ether oxygens (including phenoxy) is 2. The van der Waals surface area contributed by atoms with Crippen LogP contribution in [0.2, 0.25) is 0 Å². The Labute approximate surface area is 164 Å². The van der Waals surface area contributed by atoms with Gasteiger partial charge in [-0.15, -0.1) is 0 Å². The van der Waals surface area contributed by atoms with Crippen LogP contribution in [0.5, 0.6) is 0 Å².